The molecule has 144 valence electrons. The lowest BCUT2D eigenvalue weighted by Crippen LogP contribution is -2.49. The van der Waals surface area contributed by atoms with Crippen molar-refractivity contribution in [1.82, 2.24) is 15.1 Å². The molecule has 9 heteroatoms. The predicted octanol–water partition coefficient (Wildman–Crippen LogP) is 0.233. The van der Waals surface area contributed by atoms with Gasteiger partial charge in [0, 0.05) is 31.7 Å². The number of sulfone groups is 1. The monoisotopic (exact) mass is 375 g/mol. The van der Waals surface area contributed by atoms with Crippen molar-refractivity contribution in [2.24, 2.45) is 0 Å². The maximum absolute atomic E-state index is 12.5. The lowest BCUT2D eigenvalue weighted by Gasteiger charge is -2.32. The molecule has 0 saturated carbocycles. The molecule has 1 N–H and O–H groups in total. The summed E-state index contributed by atoms with van der Waals surface area (Å²) in [4.78, 5) is 27.5. The molecule has 2 aliphatic heterocycles. The van der Waals surface area contributed by atoms with Gasteiger partial charge in [-0.05, 0) is 33.1 Å². The molecule has 2 fully saturated rings. The minimum atomic E-state index is -3.00. The molecule has 2 amide bonds. The van der Waals surface area contributed by atoms with Gasteiger partial charge in [0.05, 0.1) is 24.7 Å². The van der Waals surface area contributed by atoms with Gasteiger partial charge >= 0.3 is 6.09 Å². The summed E-state index contributed by atoms with van der Waals surface area (Å²) >= 11 is 0. The van der Waals surface area contributed by atoms with E-state index >= 15 is 0 Å². The van der Waals surface area contributed by atoms with E-state index in [1.54, 1.807) is 16.7 Å². The van der Waals surface area contributed by atoms with Crippen LogP contribution < -0.4 is 5.32 Å². The van der Waals surface area contributed by atoms with Crippen LogP contribution in [0.25, 0.3) is 0 Å². The number of nitrogens with one attached hydrogen (secondary N) is 1. The van der Waals surface area contributed by atoms with Crippen molar-refractivity contribution < 1.29 is 22.7 Å². The predicted molar refractivity (Wildman–Crippen MR) is 94.1 cm³/mol. The number of nitrogens with zero attached hydrogens (tertiary/aromatic N) is 2. The first kappa shape index (κ1) is 20.0. The Morgan fingerprint density at radius 2 is 1.88 bits per heavy atom. The second kappa shape index (κ2) is 8.84. The van der Waals surface area contributed by atoms with Crippen LogP contribution in [0.2, 0.25) is 0 Å². The van der Waals surface area contributed by atoms with Crippen LogP contribution in [-0.4, -0.2) is 86.6 Å². The molecule has 0 aliphatic carbocycles. The fraction of sp³-hybridized carbons (Fsp3) is 0.875. The average Bonchev–Trinajstić information content (AvgIpc) is 2.94. The van der Waals surface area contributed by atoms with Gasteiger partial charge < -0.3 is 19.9 Å². The van der Waals surface area contributed by atoms with E-state index in [9.17, 15) is 18.0 Å². The van der Waals surface area contributed by atoms with Crippen molar-refractivity contribution in [1.29, 1.82) is 0 Å². The van der Waals surface area contributed by atoms with Crippen LogP contribution in [0.4, 0.5) is 4.79 Å². The highest BCUT2D eigenvalue weighted by Crippen LogP contribution is 2.18. The average molecular weight is 375 g/mol. The largest absolute Gasteiger partial charge is 0.450 e. The Labute approximate surface area is 149 Å². The number of hydrogen-bond donors (Lipinski definition) is 1. The van der Waals surface area contributed by atoms with Crippen LogP contribution >= 0.6 is 0 Å². The fourth-order valence-corrected chi connectivity index (χ4v) is 5.20. The van der Waals surface area contributed by atoms with Crippen LogP contribution in [0.3, 0.4) is 0 Å². The zero-order valence-corrected chi connectivity index (χ0v) is 15.9. The van der Waals surface area contributed by atoms with Crippen molar-refractivity contribution in [3.63, 3.8) is 0 Å². The Morgan fingerprint density at radius 1 is 1.20 bits per heavy atom. The summed E-state index contributed by atoms with van der Waals surface area (Å²) in [6, 6.07) is -0.0180. The summed E-state index contributed by atoms with van der Waals surface area (Å²) in [7, 11) is -3.00. The molecule has 2 heterocycles. The molecule has 0 aromatic rings. The fourth-order valence-electron chi connectivity index (χ4n) is 3.47. The van der Waals surface area contributed by atoms with E-state index in [0.717, 1.165) is 12.8 Å². The van der Waals surface area contributed by atoms with Crippen molar-refractivity contribution in [2.45, 2.75) is 45.2 Å². The highest BCUT2D eigenvalue weighted by molar-refractivity contribution is 7.91. The Kier molecular flexibility index (Phi) is 7.06. The van der Waals surface area contributed by atoms with Crippen molar-refractivity contribution in [3.8, 4) is 0 Å². The van der Waals surface area contributed by atoms with Gasteiger partial charge in [0.25, 0.3) is 0 Å². The van der Waals surface area contributed by atoms with Crippen LogP contribution in [0.5, 0.6) is 0 Å². The zero-order valence-electron chi connectivity index (χ0n) is 15.1. The first-order chi connectivity index (χ1) is 11.9. The van der Waals surface area contributed by atoms with E-state index < -0.39 is 9.84 Å². The lowest BCUT2D eigenvalue weighted by atomic mass is 10.1. The van der Waals surface area contributed by atoms with Gasteiger partial charge in [-0.25, -0.2) is 13.2 Å². The number of ether oxygens (including phenoxy) is 1. The standard InChI is InChI=1S/C16H29N3O5S/c1-3-19(14-7-10-25(22,23)12-14)15(20)11-17-13-5-8-18(9-6-13)16(21)24-4-2/h13-14,17H,3-12H2,1-2H3. The maximum Gasteiger partial charge on any atom is 0.409 e. The quantitative estimate of drug-likeness (QED) is 0.714. The highest BCUT2D eigenvalue weighted by Gasteiger charge is 2.34. The number of amides is 2. The van der Waals surface area contributed by atoms with E-state index in [2.05, 4.69) is 5.32 Å². The number of likely N-dealkylation sites (tertiary alicyclic amines) is 1. The molecule has 0 aromatic carbocycles. The third-order valence-electron chi connectivity index (χ3n) is 4.87. The first-order valence-corrected chi connectivity index (χ1v) is 10.8. The summed E-state index contributed by atoms with van der Waals surface area (Å²) < 4.78 is 28.2. The van der Waals surface area contributed by atoms with Crippen molar-refractivity contribution in [3.05, 3.63) is 0 Å². The van der Waals surface area contributed by atoms with Gasteiger partial charge in [0.2, 0.25) is 5.91 Å². The topological polar surface area (TPSA) is 96.0 Å². The molecule has 8 nitrogen and oxygen atoms in total. The first-order valence-electron chi connectivity index (χ1n) is 9.01. The Hall–Kier alpha value is -1.35. The second-order valence-electron chi connectivity index (χ2n) is 6.58. The van der Waals surface area contributed by atoms with Gasteiger partial charge in [0.15, 0.2) is 9.84 Å². The molecule has 2 saturated heterocycles. The smallest absolute Gasteiger partial charge is 0.409 e. The van der Waals surface area contributed by atoms with E-state index in [1.807, 2.05) is 6.92 Å². The third-order valence-corrected chi connectivity index (χ3v) is 6.62. The second-order valence-corrected chi connectivity index (χ2v) is 8.81. The number of rotatable bonds is 6. The van der Waals surface area contributed by atoms with E-state index in [-0.39, 0.29) is 42.1 Å². The summed E-state index contributed by atoms with van der Waals surface area (Å²) in [5.74, 6) is 0.184. The number of piperidine rings is 1. The Balaban J connectivity index is 1.75. The van der Waals surface area contributed by atoms with Gasteiger partial charge in [-0.3, -0.25) is 4.79 Å². The summed E-state index contributed by atoms with van der Waals surface area (Å²) in [5, 5.41) is 3.25. The molecule has 2 rings (SSSR count). The normalized spacial score (nSPS) is 23.4. The van der Waals surface area contributed by atoms with Gasteiger partial charge in [0.1, 0.15) is 0 Å². The molecule has 0 aromatic heterocycles. The SMILES string of the molecule is CCOC(=O)N1CCC(NCC(=O)N(CC)C2CCS(=O)(=O)C2)CC1. The van der Waals surface area contributed by atoms with Crippen LogP contribution in [0, 0.1) is 0 Å². The van der Waals surface area contributed by atoms with E-state index in [0.29, 0.717) is 32.7 Å². The van der Waals surface area contributed by atoms with Crippen LogP contribution in [0.15, 0.2) is 0 Å². The van der Waals surface area contributed by atoms with E-state index in [1.165, 1.54) is 0 Å². The van der Waals surface area contributed by atoms with Crippen molar-refractivity contribution in [2.75, 3.05) is 44.3 Å². The summed E-state index contributed by atoms with van der Waals surface area (Å²) in [6.45, 7) is 5.98. The third kappa shape index (κ3) is 5.57. The Morgan fingerprint density at radius 3 is 2.40 bits per heavy atom. The number of carbonyl (C=O) groups is 2. The molecule has 1 unspecified atom stereocenters. The molecular formula is C16H29N3O5S. The molecule has 2 aliphatic rings. The van der Waals surface area contributed by atoms with Gasteiger partial charge in [-0.15, -0.1) is 0 Å². The summed E-state index contributed by atoms with van der Waals surface area (Å²) in [6.07, 6.45) is 1.79. The Bertz CT molecular complexity index is 572. The number of carbonyl (C=O) groups excluding carboxylic acids is 2. The number of likely N-dealkylation sites (N-methyl/N-ethyl adjacent to an activating group) is 1. The van der Waals surface area contributed by atoms with Crippen molar-refractivity contribution >= 4 is 21.8 Å². The van der Waals surface area contributed by atoms with Crippen LogP contribution in [0.1, 0.15) is 33.1 Å². The minimum absolute atomic E-state index is 0.0579. The van der Waals surface area contributed by atoms with Gasteiger partial charge in [-0.2, -0.15) is 0 Å². The molecule has 25 heavy (non-hydrogen) atoms. The van der Waals surface area contributed by atoms with Crippen LogP contribution in [-0.2, 0) is 19.4 Å². The minimum Gasteiger partial charge on any atom is -0.450 e. The summed E-state index contributed by atoms with van der Waals surface area (Å²) in [5.41, 5.74) is 0. The molecule has 1 atom stereocenters. The number of hydrogen-bond acceptors (Lipinski definition) is 6. The van der Waals surface area contributed by atoms with E-state index in [4.69, 9.17) is 4.74 Å². The van der Waals surface area contributed by atoms with Gasteiger partial charge in [-0.1, -0.05) is 0 Å². The highest BCUT2D eigenvalue weighted by atomic mass is 32.2. The molecular weight excluding hydrogens is 346 g/mol. The lowest BCUT2D eigenvalue weighted by molar-refractivity contribution is -0.132. The molecule has 0 radical (unpaired) electrons. The maximum atomic E-state index is 12.5. The zero-order chi connectivity index (χ0) is 18.4. The molecule has 0 spiro atoms. The molecule has 0 bridgehead atoms.